The van der Waals surface area contributed by atoms with Crippen molar-refractivity contribution in [2.45, 2.75) is 5.41 Å². The highest BCUT2D eigenvalue weighted by Gasteiger charge is 2.53. The lowest BCUT2D eigenvalue weighted by Gasteiger charge is -2.49. The second-order valence-corrected chi connectivity index (χ2v) is 23.9. The molecule has 9 aromatic rings. The molecule has 284 valence electrons. The first-order valence-electron chi connectivity index (χ1n) is 20.5. The predicted molar refractivity (Wildman–Crippen MR) is 256 cm³/mol. The van der Waals surface area contributed by atoms with Crippen molar-refractivity contribution < 1.29 is 4.74 Å². The minimum Gasteiger partial charge on any atom is -0.457 e. The Balaban J connectivity index is 1.20. The van der Waals surface area contributed by atoms with Gasteiger partial charge in [0.1, 0.15) is 11.5 Å². The average Bonchev–Trinajstić information content (AvgIpc) is 3.32. The number of nitrogens with zero attached hydrogens (tertiary/aromatic N) is 1. The fraction of sp³-hybridized carbons (Fsp3) is 0.0182. The van der Waals surface area contributed by atoms with Gasteiger partial charge in [-0.25, -0.2) is 0 Å². The van der Waals surface area contributed by atoms with Crippen molar-refractivity contribution in [2.24, 2.45) is 0 Å². The van der Waals surface area contributed by atoms with Crippen LogP contribution in [0.2, 0.25) is 0 Å². The lowest BCUT2D eigenvalue weighted by molar-refractivity contribution is 0.434. The maximum atomic E-state index is 7.22. The van der Waals surface area contributed by atoms with Crippen molar-refractivity contribution in [2.75, 3.05) is 4.90 Å². The van der Waals surface area contributed by atoms with Gasteiger partial charge in [-0.1, -0.05) is 206 Å². The molecule has 0 bridgehead atoms. The van der Waals surface area contributed by atoms with Gasteiger partial charge in [-0.2, -0.15) is 0 Å². The van der Waals surface area contributed by atoms with Crippen LogP contribution in [0.4, 0.5) is 17.1 Å². The minimum atomic E-state index is -2.99. The molecule has 1 unspecified atom stereocenters. The van der Waals surface area contributed by atoms with Crippen LogP contribution in [-0.2, 0) is 17.2 Å². The van der Waals surface area contributed by atoms with E-state index in [9.17, 15) is 0 Å². The van der Waals surface area contributed by atoms with Crippen molar-refractivity contribution in [1.29, 1.82) is 0 Å². The maximum absolute atomic E-state index is 7.22. The molecule has 0 aromatic heterocycles. The monoisotopic (exact) mass is 819 g/mol. The molecule has 0 amide bonds. The molecular formula is C55H38NOPSSi. The maximum Gasteiger partial charge on any atom is 0.181 e. The van der Waals surface area contributed by atoms with E-state index in [1.165, 1.54) is 47.8 Å². The Hall–Kier alpha value is -6.55. The zero-order valence-electron chi connectivity index (χ0n) is 32.7. The highest BCUT2D eigenvalue weighted by molar-refractivity contribution is 8.26. The summed E-state index contributed by atoms with van der Waals surface area (Å²) >= 11 is 7.22. The lowest BCUT2D eigenvalue weighted by Crippen LogP contribution is -2.81. The van der Waals surface area contributed by atoms with Crippen LogP contribution in [0.3, 0.4) is 0 Å². The van der Waals surface area contributed by atoms with Crippen LogP contribution in [-0.4, -0.2) is 8.07 Å². The second-order valence-electron chi connectivity index (χ2n) is 15.9. The van der Waals surface area contributed by atoms with E-state index in [4.69, 9.17) is 16.5 Å². The predicted octanol–water partition coefficient (Wildman–Crippen LogP) is 9.40. The number of hydrogen-bond acceptors (Lipinski definition) is 3. The van der Waals surface area contributed by atoms with Crippen molar-refractivity contribution in [3.8, 4) is 11.5 Å². The molecule has 3 aliphatic rings. The fourth-order valence-corrected chi connectivity index (χ4v) is 22.3. The van der Waals surface area contributed by atoms with Crippen LogP contribution >= 0.6 is 6.04 Å². The quantitative estimate of drug-likeness (QED) is 0.130. The van der Waals surface area contributed by atoms with Crippen LogP contribution < -0.4 is 46.3 Å². The first-order valence-corrected chi connectivity index (χ1v) is 25.3. The van der Waals surface area contributed by atoms with E-state index in [0.717, 1.165) is 39.7 Å². The van der Waals surface area contributed by atoms with Gasteiger partial charge in [-0.3, -0.25) is 0 Å². The standard InChI is InChI=1S/C55H38NOPSSi/c59-58(40-20-4-1-5-21-40)51-34-18-19-35-53(51)60(41-22-6-2-7-23-41,42-24-8-3-9-25-42)54-38-39(36-37-52(54)58)56-47-30-14-10-26-43(47)55(44-27-11-15-31-48(44)56)45-28-12-16-32-49(45)57-50-33-17-13-29-46(50)55/h1-38H. The molecule has 2 nitrogen and oxygen atoms in total. The molecule has 5 heteroatoms. The molecule has 0 fully saturated rings. The summed E-state index contributed by atoms with van der Waals surface area (Å²) < 4.78 is 6.68. The Labute approximate surface area is 357 Å². The summed E-state index contributed by atoms with van der Waals surface area (Å²) in [5, 5.41) is 9.26. The van der Waals surface area contributed by atoms with Crippen molar-refractivity contribution in [3.05, 3.63) is 253 Å². The van der Waals surface area contributed by atoms with E-state index in [0.29, 0.717) is 0 Å². The Kier molecular flexibility index (Phi) is 7.96. The Morgan fingerprint density at radius 2 is 0.867 bits per heavy atom. The van der Waals surface area contributed by atoms with Gasteiger partial charge in [0.25, 0.3) is 0 Å². The topological polar surface area (TPSA) is 12.5 Å². The number of ether oxygens (including phenoxy) is 1. The van der Waals surface area contributed by atoms with Gasteiger partial charge >= 0.3 is 0 Å². The summed E-state index contributed by atoms with van der Waals surface area (Å²) in [5.74, 6) is 1.77. The van der Waals surface area contributed by atoms with Crippen LogP contribution in [0.15, 0.2) is 231 Å². The van der Waals surface area contributed by atoms with Gasteiger partial charge in [-0.15, -0.1) is 0 Å². The number of anilines is 3. The number of benzene rings is 9. The molecular weight excluding hydrogens is 782 g/mol. The summed E-state index contributed by atoms with van der Waals surface area (Å²) in [6, 6.07) is 82.6. The zero-order valence-corrected chi connectivity index (χ0v) is 35.4. The van der Waals surface area contributed by atoms with E-state index in [-0.39, 0.29) is 0 Å². The second kappa shape index (κ2) is 13.5. The third-order valence-electron chi connectivity index (χ3n) is 13.1. The van der Waals surface area contributed by atoms with Gasteiger partial charge in [-0.05, 0) is 84.2 Å². The van der Waals surface area contributed by atoms with E-state index in [1.807, 2.05) is 0 Å². The van der Waals surface area contributed by atoms with Crippen molar-refractivity contribution in [3.63, 3.8) is 0 Å². The van der Waals surface area contributed by atoms with Gasteiger partial charge in [0, 0.05) is 22.9 Å². The van der Waals surface area contributed by atoms with E-state index in [1.54, 1.807) is 0 Å². The molecule has 0 N–H and O–H groups in total. The van der Waals surface area contributed by atoms with E-state index >= 15 is 0 Å². The summed E-state index contributed by atoms with van der Waals surface area (Å²) in [4.78, 5) is 2.51. The average molecular weight is 820 g/mol. The van der Waals surface area contributed by atoms with Crippen molar-refractivity contribution >= 4 is 79.6 Å². The molecule has 3 heterocycles. The molecule has 12 rings (SSSR count). The molecule has 0 saturated carbocycles. The third kappa shape index (κ3) is 4.67. The molecule has 0 radical (unpaired) electrons. The number of para-hydroxylation sites is 4. The molecule has 60 heavy (non-hydrogen) atoms. The molecule has 0 saturated heterocycles. The minimum absolute atomic E-state index is 0.608. The third-order valence-corrected chi connectivity index (χ3v) is 23.3. The van der Waals surface area contributed by atoms with Gasteiger partial charge in [0.05, 0.1) is 16.8 Å². The lowest BCUT2D eigenvalue weighted by atomic mass is 9.61. The molecule has 1 atom stereocenters. The van der Waals surface area contributed by atoms with Crippen LogP contribution in [0, 0.1) is 0 Å². The van der Waals surface area contributed by atoms with Crippen LogP contribution in [0.1, 0.15) is 22.3 Å². The van der Waals surface area contributed by atoms with Gasteiger partial charge < -0.3 is 9.64 Å². The smallest absolute Gasteiger partial charge is 0.181 e. The highest BCUT2D eigenvalue weighted by Crippen LogP contribution is 2.62. The summed E-state index contributed by atoms with van der Waals surface area (Å²) in [6.07, 6.45) is 0. The summed E-state index contributed by atoms with van der Waals surface area (Å²) in [7, 11) is -2.99. The SMILES string of the molecule is S=P1(c2ccccc2)c2ccccc2[Si](c2ccccc2)(c2ccccc2)c2cc(N3c4ccccc4C4(c5ccccc5Oc5ccccc54)c4ccccc43)ccc21. The number of fused-ring (bicyclic) bond motifs is 10. The van der Waals surface area contributed by atoms with E-state index < -0.39 is 19.5 Å². The molecule has 1 spiro atoms. The van der Waals surface area contributed by atoms with Crippen molar-refractivity contribution in [1.82, 2.24) is 0 Å². The summed E-state index contributed by atoms with van der Waals surface area (Å²) in [6.45, 7) is 0. The number of hydrogen-bond donors (Lipinski definition) is 0. The molecule has 0 aliphatic carbocycles. The first kappa shape index (κ1) is 35.4. The van der Waals surface area contributed by atoms with Gasteiger partial charge in [0.15, 0.2) is 8.07 Å². The zero-order chi connectivity index (χ0) is 39.9. The first-order chi connectivity index (χ1) is 29.7. The Bertz CT molecular complexity index is 3050. The molecule has 3 aliphatic heterocycles. The van der Waals surface area contributed by atoms with Crippen LogP contribution in [0.5, 0.6) is 11.5 Å². The van der Waals surface area contributed by atoms with Gasteiger partial charge in [0.2, 0.25) is 0 Å². The Morgan fingerprint density at radius 1 is 0.417 bits per heavy atom. The van der Waals surface area contributed by atoms with Crippen LogP contribution in [0.25, 0.3) is 0 Å². The normalized spacial score (nSPS) is 17.2. The van der Waals surface area contributed by atoms with E-state index in [2.05, 4.69) is 235 Å². The number of rotatable bonds is 4. The highest BCUT2D eigenvalue weighted by atomic mass is 32.4. The fourth-order valence-electron chi connectivity index (χ4n) is 10.8. The Morgan fingerprint density at radius 3 is 1.45 bits per heavy atom. The largest absolute Gasteiger partial charge is 0.457 e. The summed E-state index contributed by atoms with van der Waals surface area (Å²) in [5.41, 5.74) is 7.54. The molecule has 9 aromatic carbocycles.